The molecule has 1 aliphatic heterocycles. The topological polar surface area (TPSA) is 53.0 Å². The maximum atomic E-state index is 10.2. The largest absolute Gasteiger partial charge is 0.508 e. The van der Waals surface area contributed by atoms with E-state index in [1.165, 1.54) is 0 Å². The number of phenols is 1. The van der Waals surface area contributed by atoms with Crippen molar-refractivity contribution in [3.8, 4) is 11.5 Å². The summed E-state index contributed by atoms with van der Waals surface area (Å²) in [5, 5.41) is 8.87. The van der Waals surface area contributed by atoms with E-state index >= 15 is 0 Å². The molecule has 0 radical (unpaired) electrons. The molecule has 5 heteroatoms. The molecule has 1 fully saturated rings. The Morgan fingerprint density at radius 3 is 2.10 bits per heavy atom. The molecule has 0 saturated carbocycles. The van der Waals surface area contributed by atoms with Crippen molar-refractivity contribution < 1.29 is 14.6 Å². The summed E-state index contributed by atoms with van der Waals surface area (Å²) < 4.78 is 5.15. The molecule has 0 aliphatic carbocycles. The molecule has 1 aromatic carbocycles. The third-order valence-corrected chi connectivity index (χ3v) is 2.83. The second-order valence-corrected chi connectivity index (χ2v) is 4.37. The number of aromatic hydroxyl groups is 1. The Morgan fingerprint density at radius 2 is 1.67 bits per heavy atom. The highest BCUT2D eigenvalue weighted by Gasteiger charge is 2.10. The van der Waals surface area contributed by atoms with Gasteiger partial charge in [-0.15, -0.1) is 0 Å². The van der Waals surface area contributed by atoms with E-state index in [1.54, 1.807) is 29.2 Å². The molecule has 0 bridgehead atoms. The number of hydrogen-bond acceptors (Lipinski definition) is 4. The number of rotatable bonds is 3. The normalized spacial score (nSPS) is 14.2. The van der Waals surface area contributed by atoms with Gasteiger partial charge in [0.05, 0.1) is 6.61 Å². The smallest absolute Gasteiger partial charge is 0.209 e. The number of hydrogen-bond donors (Lipinski definition) is 1. The number of piperazine rings is 1. The van der Waals surface area contributed by atoms with Gasteiger partial charge in [0.2, 0.25) is 6.41 Å². The number of carbonyl (C=O) groups excluding carboxylic acids is 1. The Kier molecular flexibility index (Phi) is 11.0. The molecule has 1 aliphatic rings. The predicted octanol–water partition coefficient (Wildman–Crippen LogP) is 2.21. The molecule has 21 heavy (non-hydrogen) atoms. The Labute approximate surface area is 128 Å². The standard InChI is InChI=1S/C8H10O2.C6H12N2O.C2H6/c1-2-10-8-5-3-7(9)4-6-8;1-7-2-4-8(6-9)5-3-7;1-2/h3-6,9H,2H2,1H3;6H,2-5H2,1H3;1-2H3. The fourth-order valence-electron chi connectivity index (χ4n) is 1.64. The summed E-state index contributed by atoms with van der Waals surface area (Å²) in [6.45, 7) is 10.4. The van der Waals surface area contributed by atoms with Crippen LogP contribution in [0.5, 0.6) is 11.5 Å². The molecule has 0 atom stereocenters. The molecule has 0 spiro atoms. The number of benzene rings is 1. The van der Waals surface area contributed by atoms with Gasteiger partial charge in [-0.25, -0.2) is 0 Å². The minimum absolute atomic E-state index is 0.267. The third-order valence-electron chi connectivity index (χ3n) is 2.83. The maximum Gasteiger partial charge on any atom is 0.209 e. The van der Waals surface area contributed by atoms with Crippen molar-refractivity contribution >= 4 is 6.41 Å². The number of amides is 1. The molecular formula is C16H28N2O3. The van der Waals surface area contributed by atoms with Gasteiger partial charge in [-0.2, -0.15) is 0 Å². The van der Waals surface area contributed by atoms with Crippen molar-refractivity contribution in [2.45, 2.75) is 20.8 Å². The van der Waals surface area contributed by atoms with Crippen LogP contribution in [0.3, 0.4) is 0 Å². The lowest BCUT2D eigenvalue weighted by atomic mass is 10.3. The zero-order valence-corrected chi connectivity index (χ0v) is 13.6. The van der Waals surface area contributed by atoms with Gasteiger partial charge < -0.3 is 19.6 Å². The van der Waals surface area contributed by atoms with Crippen LogP contribution in [-0.4, -0.2) is 61.2 Å². The van der Waals surface area contributed by atoms with E-state index in [2.05, 4.69) is 11.9 Å². The summed E-state index contributed by atoms with van der Waals surface area (Å²) in [6.07, 6.45) is 0.924. The second-order valence-electron chi connectivity index (χ2n) is 4.37. The van der Waals surface area contributed by atoms with Gasteiger partial charge in [0.25, 0.3) is 0 Å². The van der Waals surface area contributed by atoms with Gasteiger partial charge in [0.15, 0.2) is 0 Å². The lowest BCUT2D eigenvalue weighted by molar-refractivity contribution is -0.119. The highest BCUT2D eigenvalue weighted by molar-refractivity contribution is 5.47. The first kappa shape index (κ1) is 19.2. The Morgan fingerprint density at radius 1 is 1.14 bits per heavy atom. The molecule has 1 saturated heterocycles. The summed E-state index contributed by atoms with van der Waals surface area (Å²) in [7, 11) is 2.07. The van der Waals surface area contributed by atoms with Gasteiger partial charge >= 0.3 is 0 Å². The SMILES string of the molecule is CC.CCOc1ccc(O)cc1.CN1CCN(C=O)CC1. The van der Waals surface area contributed by atoms with Crippen molar-refractivity contribution in [3.05, 3.63) is 24.3 Å². The first-order chi connectivity index (χ1) is 10.2. The molecule has 1 aromatic rings. The van der Waals surface area contributed by atoms with Crippen LogP contribution in [0.4, 0.5) is 0 Å². The van der Waals surface area contributed by atoms with Crippen molar-refractivity contribution in [3.63, 3.8) is 0 Å². The molecule has 1 amide bonds. The van der Waals surface area contributed by atoms with Crippen LogP contribution in [0.15, 0.2) is 24.3 Å². The minimum Gasteiger partial charge on any atom is -0.508 e. The molecular weight excluding hydrogens is 268 g/mol. The lowest BCUT2D eigenvalue weighted by Gasteiger charge is -2.29. The average Bonchev–Trinajstić information content (AvgIpc) is 2.53. The predicted molar refractivity (Wildman–Crippen MR) is 85.8 cm³/mol. The summed E-state index contributed by atoms with van der Waals surface area (Å²) in [5.74, 6) is 1.06. The Balaban J connectivity index is 0.000000342. The van der Waals surface area contributed by atoms with Crippen LogP contribution >= 0.6 is 0 Å². The molecule has 1 N–H and O–H groups in total. The first-order valence-corrected chi connectivity index (χ1v) is 7.45. The fourth-order valence-corrected chi connectivity index (χ4v) is 1.64. The van der Waals surface area contributed by atoms with Crippen LogP contribution < -0.4 is 4.74 Å². The van der Waals surface area contributed by atoms with E-state index < -0.39 is 0 Å². The number of phenolic OH excluding ortho intramolecular Hbond substituents is 1. The summed E-state index contributed by atoms with van der Waals surface area (Å²) in [6, 6.07) is 6.67. The van der Waals surface area contributed by atoms with Gasteiger partial charge in [-0.3, -0.25) is 4.79 Å². The van der Waals surface area contributed by atoms with E-state index in [-0.39, 0.29) is 5.75 Å². The number of likely N-dealkylation sites (N-methyl/N-ethyl adjacent to an activating group) is 1. The van der Waals surface area contributed by atoms with Crippen LogP contribution in [-0.2, 0) is 4.79 Å². The zero-order valence-electron chi connectivity index (χ0n) is 13.6. The van der Waals surface area contributed by atoms with E-state index in [1.807, 2.05) is 20.8 Å². The Bertz CT molecular complexity index is 360. The molecule has 2 rings (SSSR count). The third kappa shape index (κ3) is 8.92. The Hall–Kier alpha value is -1.75. The van der Waals surface area contributed by atoms with E-state index in [9.17, 15) is 4.79 Å². The fraction of sp³-hybridized carbons (Fsp3) is 0.562. The van der Waals surface area contributed by atoms with Crippen LogP contribution in [0.25, 0.3) is 0 Å². The molecule has 0 unspecified atom stereocenters. The average molecular weight is 296 g/mol. The van der Waals surface area contributed by atoms with Crippen molar-refractivity contribution in [1.82, 2.24) is 9.80 Å². The highest BCUT2D eigenvalue weighted by atomic mass is 16.5. The van der Waals surface area contributed by atoms with Crippen molar-refractivity contribution in [1.29, 1.82) is 0 Å². The molecule has 1 heterocycles. The van der Waals surface area contributed by atoms with Gasteiger partial charge in [0.1, 0.15) is 11.5 Å². The van der Waals surface area contributed by atoms with E-state index in [0.717, 1.165) is 38.3 Å². The lowest BCUT2D eigenvalue weighted by Crippen LogP contribution is -2.43. The first-order valence-electron chi connectivity index (χ1n) is 7.45. The minimum atomic E-state index is 0.267. The molecule has 5 nitrogen and oxygen atoms in total. The van der Waals surface area contributed by atoms with Gasteiger partial charge in [-0.1, -0.05) is 13.8 Å². The van der Waals surface area contributed by atoms with Gasteiger partial charge in [0, 0.05) is 26.2 Å². The molecule has 120 valence electrons. The van der Waals surface area contributed by atoms with Crippen LogP contribution in [0.2, 0.25) is 0 Å². The second kappa shape index (κ2) is 12.0. The van der Waals surface area contributed by atoms with Gasteiger partial charge in [-0.05, 0) is 38.2 Å². The summed E-state index contributed by atoms with van der Waals surface area (Å²) in [5.41, 5.74) is 0. The number of carbonyl (C=O) groups is 1. The highest BCUT2D eigenvalue weighted by Crippen LogP contribution is 2.15. The van der Waals surface area contributed by atoms with Crippen molar-refractivity contribution in [2.75, 3.05) is 39.8 Å². The summed E-state index contributed by atoms with van der Waals surface area (Å²) in [4.78, 5) is 14.2. The number of nitrogens with zero attached hydrogens (tertiary/aromatic N) is 2. The quantitative estimate of drug-likeness (QED) is 0.869. The van der Waals surface area contributed by atoms with E-state index in [4.69, 9.17) is 9.84 Å². The zero-order chi connectivity index (χ0) is 16.1. The van der Waals surface area contributed by atoms with Crippen LogP contribution in [0.1, 0.15) is 20.8 Å². The van der Waals surface area contributed by atoms with Crippen LogP contribution in [0, 0.1) is 0 Å². The number of ether oxygens (including phenoxy) is 1. The summed E-state index contributed by atoms with van der Waals surface area (Å²) >= 11 is 0. The van der Waals surface area contributed by atoms with E-state index in [0.29, 0.717) is 6.61 Å². The monoisotopic (exact) mass is 296 g/mol. The van der Waals surface area contributed by atoms with Crippen molar-refractivity contribution in [2.24, 2.45) is 0 Å². The molecule has 0 aromatic heterocycles. The maximum absolute atomic E-state index is 10.2.